The fraction of sp³-hybridized carbons (Fsp3) is 0.176. The van der Waals surface area contributed by atoms with Gasteiger partial charge < -0.3 is 10.5 Å². The van der Waals surface area contributed by atoms with Crippen LogP contribution in [0.1, 0.15) is 18.1 Å². The maximum absolute atomic E-state index is 14.8. The quantitative estimate of drug-likeness (QED) is 0.829. The fourth-order valence-electron chi connectivity index (χ4n) is 2.51. The first kappa shape index (κ1) is 17.6. The monoisotopic (exact) mass is 383 g/mol. The minimum atomic E-state index is -0.893. The van der Waals surface area contributed by atoms with E-state index in [1.54, 1.807) is 13.0 Å². The van der Waals surface area contributed by atoms with E-state index in [4.69, 9.17) is 33.7 Å². The van der Waals surface area contributed by atoms with Crippen molar-refractivity contribution in [3.63, 3.8) is 0 Å². The molecule has 130 valence electrons. The molecule has 0 fully saturated rings. The molecular formula is C17H13Cl2F2N3O. The third-order valence-electron chi connectivity index (χ3n) is 3.82. The highest BCUT2D eigenvalue weighted by Crippen LogP contribution is 2.38. The van der Waals surface area contributed by atoms with Crippen molar-refractivity contribution in [2.75, 3.05) is 7.11 Å². The maximum Gasteiger partial charge on any atom is 0.177 e. The number of benzene rings is 2. The van der Waals surface area contributed by atoms with Gasteiger partial charge >= 0.3 is 0 Å². The fourth-order valence-corrected chi connectivity index (χ4v) is 2.92. The number of halogens is 4. The molecule has 2 N–H and O–H groups in total. The summed E-state index contributed by atoms with van der Waals surface area (Å²) in [7, 11) is 1.29. The lowest BCUT2D eigenvalue weighted by Gasteiger charge is -2.15. The normalized spacial score (nSPS) is 16.6. The lowest BCUT2D eigenvalue weighted by atomic mass is 9.99. The summed E-state index contributed by atoms with van der Waals surface area (Å²) in [5.41, 5.74) is 6.06. The highest BCUT2D eigenvalue weighted by molar-refractivity contribution is 6.45. The molecule has 0 amide bonds. The minimum absolute atomic E-state index is 0.0203. The Balaban J connectivity index is 2.40. The zero-order chi connectivity index (χ0) is 18.3. The third-order valence-corrected chi connectivity index (χ3v) is 4.63. The molecule has 1 aliphatic heterocycles. The predicted octanol–water partition coefficient (Wildman–Crippen LogP) is 4.51. The van der Waals surface area contributed by atoms with Crippen LogP contribution in [-0.2, 0) is 0 Å². The van der Waals surface area contributed by atoms with Crippen molar-refractivity contribution in [3.05, 3.63) is 57.1 Å². The van der Waals surface area contributed by atoms with Crippen LogP contribution >= 0.6 is 23.2 Å². The van der Waals surface area contributed by atoms with E-state index in [-0.39, 0.29) is 38.5 Å². The Morgan fingerprint density at radius 1 is 1.12 bits per heavy atom. The van der Waals surface area contributed by atoms with Gasteiger partial charge in [-0.1, -0.05) is 23.2 Å². The van der Waals surface area contributed by atoms with Crippen molar-refractivity contribution in [2.24, 2.45) is 15.7 Å². The molecule has 0 spiro atoms. The van der Waals surface area contributed by atoms with Crippen molar-refractivity contribution >= 4 is 40.4 Å². The van der Waals surface area contributed by atoms with E-state index < -0.39 is 17.7 Å². The molecule has 2 aromatic rings. The molecule has 25 heavy (non-hydrogen) atoms. The Morgan fingerprint density at radius 3 is 2.52 bits per heavy atom. The molecule has 1 aliphatic rings. The first-order chi connectivity index (χ1) is 11.8. The smallest absolute Gasteiger partial charge is 0.177 e. The first-order valence-corrected chi connectivity index (χ1v) is 8.03. The topological polar surface area (TPSA) is 60.0 Å². The second-order valence-corrected chi connectivity index (χ2v) is 6.17. The SMILES string of the molecule is COc1ccc(F)c(C2=NC(C)C(N)=Nc3ccc(Cl)c(Cl)c32)c1F. The number of fused-ring (bicyclic) bond motifs is 1. The molecule has 1 atom stereocenters. The average molecular weight is 384 g/mol. The van der Waals surface area contributed by atoms with Gasteiger partial charge in [-0.3, -0.25) is 4.99 Å². The van der Waals surface area contributed by atoms with E-state index in [1.165, 1.54) is 19.2 Å². The van der Waals surface area contributed by atoms with Gasteiger partial charge in [0, 0.05) is 5.56 Å². The summed E-state index contributed by atoms with van der Waals surface area (Å²) in [5, 5.41) is 0.297. The van der Waals surface area contributed by atoms with Crippen LogP contribution < -0.4 is 10.5 Å². The molecule has 1 unspecified atom stereocenters. The van der Waals surface area contributed by atoms with E-state index >= 15 is 0 Å². The lowest BCUT2D eigenvalue weighted by molar-refractivity contribution is 0.383. The molecule has 0 radical (unpaired) electrons. The van der Waals surface area contributed by atoms with Gasteiger partial charge in [0.05, 0.1) is 34.1 Å². The summed E-state index contributed by atoms with van der Waals surface area (Å²) in [5.74, 6) is -1.63. The van der Waals surface area contributed by atoms with Crippen molar-refractivity contribution in [1.82, 2.24) is 0 Å². The molecule has 0 aromatic heterocycles. The number of amidine groups is 1. The second-order valence-electron chi connectivity index (χ2n) is 5.38. The number of nitrogens with two attached hydrogens (primary N) is 1. The minimum Gasteiger partial charge on any atom is -0.494 e. The molecule has 0 bridgehead atoms. The Hall–Kier alpha value is -2.18. The molecular weight excluding hydrogens is 371 g/mol. The van der Waals surface area contributed by atoms with Crippen LogP contribution in [-0.4, -0.2) is 24.7 Å². The van der Waals surface area contributed by atoms with Gasteiger partial charge in [0.15, 0.2) is 11.6 Å². The molecule has 0 saturated heterocycles. The van der Waals surface area contributed by atoms with Crippen molar-refractivity contribution in [2.45, 2.75) is 13.0 Å². The maximum atomic E-state index is 14.8. The zero-order valence-corrected chi connectivity index (χ0v) is 14.8. The number of methoxy groups -OCH3 is 1. The van der Waals surface area contributed by atoms with E-state index in [2.05, 4.69) is 9.98 Å². The summed E-state index contributed by atoms with van der Waals surface area (Å²) < 4.78 is 34.3. The van der Waals surface area contributed by atoms with Crippen LogP contribution in [0.2, 0.25) is 10.0 Å². The second kappa shape index (κ2) is 6.61. The number of aliphatic imine (C=N–C) groups is 2. The molecule has 4 nitrogen and oxygen atoms in total. The summed E-state index contributed by atoms with van der Waals surface area (Å²) in [4.78, 5) is 8.61. The van der Waals surface area contributed by atoms with Gasteiger partial charge in [-0.05, 0) is 31.2 Å². The van der Waals surface area contributed by atoms with Crippen LogP contribution in [0.5, 0.6) is 5.75 Å². The first-order valence-electron chi connectivity index (χ1n) is 7.27. The standard InChI is InChI=1S/C17H13Cl2F2N3O/c1-7-17(22)24-10-5-3-8(18)14(19)13(10)16(23-7)12-9(20)4-6-11(25-2)15(12)21/h3-7H,1-2H3,(H2,22,24). The number of ether oxygens (including phenoxy) is 1. The number of rotatable bonds is 2. The number of hydrogen-bond donors (Lipinski definition) is 1. The third kappa shape index (κ3) is 2.96. The highest BCUT2D eigenvalue weighted by Gasteiger charge is 2.28. The van der Waals surface area contributed by atoms with Crippen LogP contribution in [0.3, 0.4) is 0 Å². The van der Waals surface area contributed by atoms with Gasteiger partial charge in [-0.25, -0.2) is 13.8 Å². The predicted molar refractivity (Wildman–Crippen MR) is 95.8 cm³/mol. The van der Waals surface area contributed by atoms with Crippen LogP contribution in [0.25, 0.3) is 0 Å². The largest absolute Gasteiger partial charge is 0.494 e. The number of hydrogen-bond acceptors (Lipinski definition) is 4. The zero-order valence-electron chi connectivity index (χ0n) is 13.3. The Bertz CT molecular complexity index is 929. The van der Waals surface area contributed by atoms with E-state index in [0.29, 0.717) is 5.69 Å². The summed E-state index contributed by atoms with van der Waals surface area (Å²) in [6.45, 7) is 1.66. The molecule has 8 heteroatoms. The van der Waals surface area contributed by atoms with Crippen molar-refractivity contribution in [1.29, 1.82) is 0 Å². The lowest BCUT2D eigenvalue weighted by Crippen LogP contribution is -2.24. The van der Waals surface area contributed by atoms with E-state index in [0.717, 1.165) is 6.07 Å². The van der Waals surface area contributed by atoms with Gasteiger partial charge in [-0.15, -0.1) is 0 Å². The molecule has 2 aromatic carbocycles. The van der Waals surface area contributed by atoms with Crippen molar-refractivity contribution < 1.29 is 13.5 Å². The summed E-state index contributed by atoms with van der Waals surface area (Å²) in [6.07, 6.45) is 0. The molecule has 1 heterocycles. The van der Waals surface area contributed by atoms with Gasteiger partial charge in [0.1, 0.15) is 17.7 Å². The highest BCUT2D eigenvalue weighted by atomic mass is 35.5. The molecule has 0 aliphatic carbocycles. The van der Waals surface area contributed by atoms with Crippen LogP contribution in [0, 0.1) is 11.6 Å². The van der Waals surface area contributed by atoms with Crippen LogP contribution in [0.15, 0.2) is 34.3 Å². The molecule has 0 saturated carbocycles. The summed E-state index contributed by atoms with van der Waals surface area (Å²) >= 11 is 12.4. The van der Waals surface area contributed by atoms with E-state index in [9.17, 15) is 8.78 Å². The van der Waals surface area contributed by atoms with E-state index in [1.807, 2.05) is 0 Å². The number of nitrogens with zero attached hydrogens (tertiary/aromatic N) is 2. The van der Waals surface area contributed by atoms with Gasteiger partial charge in [0.2, 0.25) is 0 Å². The average Bonchev–Trinajstić information content (AvgIpc) is 2.69. The molecule has 3 rings (SSSR count). The Morgan fingerprint density at radius 2 is 1.84 bits per heavy atom. The van der Waals surface area contributed by atoms with Gasteiger partial charge in [0.25, 0.3) is 0 Å². The Kier molecular flexibility index (Phi) is 4.67. The summed E-state index contributed by atoms with van der Waals surface area (Å²) in [6, 6.07) is 4.78. The van der Waals surface area contributed by atoms with Gasteiger partial charge in [-0.2, -0.15) is 0 Å². The Labute approximate surface area is 152 Å². The van der Waals surface area contributed by atoms with Crippen molar-refractivity contribution in [3.8, 4) is 5.75 Å². The van der Waals surface area contributed by atoms with Crippen LogP contribution in [0.4, 0.5) is 14.5 Å².